The Labute approximate surface area is 165 Å². The van der Waals surface area contributed by atoms with E-state index < -0.39 is 5.63 Å². The maximum atomic E-state index is 12.9. The van der Waals surface area contributed by atoms with Gasteiger partial charge in [0.1, 0.15) is 11.3 Å². The molecule has 2 heterocycles. The van der Waals surface area contributed by atoms with Crippen molar-refractivity contribution < 1.29 is 14.3 Å². The number of hydrogen-bond acceptors (Lipinski definition) is 5. The van der Waals surface area contributed by atoms with Crippen LogP contribution in [0, 0.1) is 6.92 Å². The molecule has 150 valence electrons. The van der Waals surface area contributed by atoms with Gasteiger partial charge in [-0.2, -0.15) is 0 Å². The van der Waals surface area contributed by atoms with Crippen LogP contribution in [0.2, 0.25) is 0 Å². The molecule has 0 aliphatic carbocycles. The van der Waals surface area contributed by atoms with Crippen molar-refractivity contribution in [2.24, 2.45) is 0 Å². The molecule has 0 spiro atoms. The summed E-state index contributed by atoms with van der Waals surface area (Å²) in [6.07, 6.45) is 2.14. The van der Waals surface area contributed by atoms with Crippen molar-refractivity contribution >= 4 is 5.91 Å². The number of carbonyl (C=O) groups is 1. The van der Waals surface area contributed by atoms with Gasteiger partial charge in [0.25, 0.3) is 5.91 Å². The number of rotatable bonds is 7. The summed E-state index contributed by atoms with van der Waals surface area (Å²) in [7, 11) is 0. The number of aryl methyl sites for hydroxylation is 3. The van der Waals surface area contributed by atoms with Crippen LogP contribution in [0.4, 0.5) is 0 Å². The van der Waals surface area contributed by atoms with Crippen LogP contribution in [-0.4, -0.2) is 60.1 Å². The van der Waals surface area contributed by atoms with Gasteiger partial charge in [0.05, 0.1) is 0 Å². The van der Waals surface area contributed by atoms with Crippen molar-refractivity contribution in [1.29, 1.82) is 0 Å². The van der Waals surface area contributed by atoms with E-state index in [0.717, 1.165) is 32.5 Å². The fourth-order valence-electron chi connectivity index (χ4n) is 3.59. The predicted molar refractivity (Wildman–Crippen MR) is 108 cm³/mol. The van der Waals surface area contributed by atoms with Crippen LogP contribution >= 0.6 is 0 Å². The smallest absolute Gasteiger partial charge is 0.349 e. The molecule has 0 unspecified atom stereocenters. The molecule has 1 aliphatic heterocycles. The van der Waals surface area contributed by atoms with Crippen LogP contribution in [0.15, 0.2) is 45.6 Å². The number of aliphatic hydroxyl groups excluding tert-OH is 1. The average Bonchev–Trinajstić information content (AvgIpc) is 2.71. The van der Waals surface area contributed by atoms with E-state index in [1.807, 2.05) is 36.4 Å². The monoisotopic (exact) mass is 384 g/mol. The minimum atomic E-state index is -0.546. The molecule has 2 aromatic rings. The van der Waals surface area contributed by atoms with Gasteiger partial charge in [0.15, 0.2) is 0 Å². The van der Waals surface area contributed by atoms with E-state index in [1.165, 1.54) is 5.56 Å². The molecule has 1 fully saturated rings. The largest absolute Gasteiger partial charge is 0.427 e. The normalized spacial score (nSPS) is 15.0. The van der Waals surface area contributed by atoms with Gasteiger partial charge in [-0.15, -0.1) is 0 Å². The molecule has 1 N–H and O–H groups in total. The summed E-state index contributed by atoms with van der Waals surface area (Å²) in [5, 5.41) is 8.94. The van der Waals surface area contributed by atoms with E-state index in [2.05, 4.69) is 4.90 Å². The Bertz CT molecular complexity index is 839. The van der Waals surface area contributed by atoms with Gasteiger partial charge in [0.2, 0.25) is 0 Å². The molecule has 0 bridgehead atoms. The minimum Gasteiger partial charge on any atom is -0.427 e. The first-order valence-electron chi connectivity index (χ1n) is 9.88. The summed E-state index contributed by atoms with van der Waals surface area (Å²) in [5.41, 5.74) is 1.46. The Hall–Kier alpha value is -2.44. The maximum Gasteiger partial charge on any atom is 0.349 e. The first kappa shape index (κ1) is 20.3. The molecule has 0 atom stereocenters. The highest BCUT2D eigenvalue weighted by atomic mass is 16.4. The fraction of sp³-hybridized carbons (Fsp3) is 0.455. The van der Waals surface area contributed by atoms with Gasteiger partial charge >= 0.3 is 5.63 Å². The third-order valence-corrected chi connectivity index (χ3v) is 5.21. The van der Waals surface area contributed by atoms with Crippen LogP contribution in [-0.2, 0) is 12.8 Å². The summed E-state index contributed by atoms with van der Waals surface area (Å²) in [6.45, 7) is 5.48. The standard InChI is InChI=1S/C22H28N2O4/c1-17-16-19(9-8-18-6-3-2-4-7-18)28-22(27)20(17)21(26)24-13-11-23(12-14-24)10-5-15-25/h2-4,6-7,16,25H,5,8-15H2,1H3. The number of hydrogen-bond donors (Lipinski definition) is 1. The molecule has 0 saturated carbocycles. The van der Waals surface area contributed by atoms with E-state index in [-0.39, 0.29) is 18.1 Å². The zero-order chi connectivity index (χ0) is 19.9. The number of piperazine rings is 1. The second-order valence-electron chi connectivity index (χ2n) is 7.25. The topological polar surface area (TPSA) is 74.0 Å². The van der Waals surface area contributed by atoms with Gasteiger partial charge in [-0.3, -0.25) is 9.69 Å². The summed E-state index contributed by atoms with van der Waals surface area (Å²) in [4.78, 5) is 29.3. The number of amides is 1. The van der Waals surface area contributed by atoms with Crippen LogP contribution in [0.25, 0.3) is 0 Å². The first-order chi connectivity index (χ1) is 13.6. The summed E-state index contributed by atoms with van der Waals surface area (Å²) >= 11 is 0. The van der Waals surface area contributed by atoms with Gasteiger partial charge in [-0.05, 0) is 37.0 Å². The van der Waals surface area contributed by atoms with E-state index in [4.69, 9.17) is 9.52 Å². The van der Waals surface area contributed by atoms with Crippen molar-refractivity contribution in [1.82, 2.24) is 9.80 Å². The molecule has 1 aromatic heterocycles. The summed E-state index contributed by atoms with van der Waals surface area (Å²) < 4.78 is 5.46. The van der Waals surface area contributed by atoms with Crippen molar-refractivity contribution in [2.75, 3.05) is 39.3 Å². The van der Waals surface area contributed by atoms with Gasteiger partial charge in [-0.1, -0.05) is 30.3 Å². The molecule has 1 aromatic carbocycles. The van der Waals surface area contributed by atoms with Crippen molar-refractivity contribution in [3.8, 4) is 0 Å². The Balaban J connectivity index is 1.64. The molecular weight excluding hydrogens is 356 g/mol. The molecule has 1 aliphatic rings. The minimum absolute atomic E-state index is 0.146. The SMILES string of the molecule is Cc1cc(CCc2ccccc2)oc(=O)c1C(=O)N1CCN(CCCO)CC1. The number of aliphatic hydroxyl groups is 1. The summed E-state index contributed by atoms with van der Waals surface area (Å²) in [6, 6.07) is 11.9. The third-order valence-electron chi connectivity index (χ3n) is 5.21. The molecule has 1 amide bonds. The zero-order valence-electron chi connectivity index (χ0n) is 16.4. The number of benzene rings is 1. The van der Waals surface area contributed by atoms with E-state index in [0.29, 0.717) is 30.8 Å². The van der Waals surface area contributed by atoms with Crippen LogP contribution in [0.1, 0.15) is 33.7 Å². The summed E-state index contributed by atoms with van der Waals surface area (Å²) in [5.74, 6) is 0.361. The number of nitrogens with zero attached hydrogens (tertiary/aromatic N) is 2. The molecule has 6 nitrogen and oxygen atoms in total. The zero-order valence-corrected chi connectivity index (χ0v) is 16.4. The van der Waals surface area contributed by atoms with E-state index >= 15 is 0 Å². The predicted octanol–water partition coefficient (Wildman–Crippen LogP) is 1.87. The Kier molecular flexibility index (Phi) is 7.01. The fourth-order valence-corrected chi connectivity index (χ4v) is 3.59. The van der Waals surface area contributed by atoms with Crippen molar-refractivity contribution in [3.63, 3.8) is 0 Å². The molecule has 1 saturated heterocycles. The highest BCUT2D eigenvalue weighted by Gasteiger charge is 2.26. The van der Waals surface area contributed by atoms with Gasteiger partial charge in [-0.25, -0.2) is 4.79 Å². The molecule has 6 heteroatoms. The van der Waals surface area contributed by atoms with E-state index in [1.54, 1.807) is 11.8 Å². The number of carbonyl (C=O) groups excluding carboxylic acids is 1. The quantitative estimate of drug-likeness (QED) is 0.789. The van der Waals surface area contributed by atoms with Crippen LogP contribution < -0.4 is 5.63 Å². The van der Waals surface area contributed by atoms with Crippen LogP contribution in [0.3, 0.4) is 0 Å². The molecule has 0 radical (unpaired) electrons. The third kappa shape index (κ3) is 5.09. The highest BCUT2D eigenvalue weighted by Crippen LogP contribution is 2.14. The first-order valence-corrected chi connectivity index (χ1v) is 9.88. The molecule has 3 rings (SSSR count). The second-order valence-corrected chi connectivity index (χ2v) is 7.25. The van der Waals surface area contributed by atoms with Gasteiger partial charge < -0.3 is 14.4 Å². The lowest BCUT2D eigenvalue weighted by atomic mass is 10.1. The lowest BCUT2D eigenvalue weighted by Gasteiger charge is -2.34. The molecule has 28 heavy (non-hydrogen) atoms. The molecular formula is C22H28N2O4. The Morgan fingerprint density at radius 3 is 2.46 bits per heavy atom. The van der Waals surface area contributed by atoms with E-state index in [9.17, 15) is 9.59 Å². The average molecular weight is 384 g/mol. The van der Waals surface area contributed by atoms with Crippen molar-refractivity contribution in [2.45, 2.75) is 26.2 Å². The van der Waals surface area contributed by atoms with Crippen molar-refractivity contribution in [3.05, 3.63) is 69.3 Å². The Morgan fingerprint density at radius 1 is 1.11 bits per heavy atom. The van der Waals surface area contributed by atoms with Gasteiger partial charge in [0, 0.05) is 45.8 Å². The lowest BCUT2D eigenvalue weighted by Crippen LogP contribution is -2.49. The Morgan fingerprint density at radius 2 is 1.82 bits per heavy atom. The van der Waals surface area contributed by atoms with Crippen LogP contribution in [0.5, 0.6) is 0 Å². The highest BCUT2D eigenvalue weighted by molar-refractivity contribution is 5.95. The second kappa shape index (κ2) is 9.66. The lowest BCUT2D eigenvalue weighted by molar-refractivity contribution is 0.0623. The maximum absolute atomic E-state index is 12.9.